The molecule has 29 heavy (non-hydrogen) atoms. The molecule has 1 unspecified atom stereocenters. The summed E-state index contributed by atoms with van der Waals surface area (Å²) in [5, 5.41) is 0. The van der Waals surface area contributed by atoms with Gasteiger partial charge in [-0.1, -0.05) is 48.0 Å². The van der Waals surface area contributed by atoms with Gasteiger partial charge in [0.05, 0.1) is 7.11 Å². The number of carbonyl (C=O) groups excluding carboxylic acids is 1. The van der Waals surface area contributed by atoms with Crippen LogP contribution in [0.4, 0.5) is 0 Å². The Hall–Kier alpha value is -3.27. The van der Waals surface area contributed by atoms with Crippen molar-refractivity contribution in [2.45, 2.75) is 25.9 Å². The van der Waals surface area contributed by atoms with Gasteiger partial charge in [-0.05, 0) is 60.2 Å². The highest BCUT2D eigenvalue weighted by atomic mass is 16.6. The molecule has 1 aliphatic rings. The second kappa shape index (κ2) is 8.39. The largest absolute Gasteiger partial charge is 0.486 e. The zero-order chi connectivity index (χ0) is 20.2. The normalized spacial score (nSPS) is 14.9. The van der Waals surface area contributed by atoms with Crippen molar-refractivity contribution < 1.29 is 19.0 Å². The van der Waals surface area contributed by atoms with Crippen molar-refractivity contribution in [3.63, 3.8) is 0 Å². The summed E-state index contributed by atoms with van der Waals surface area (Å²) in [6, 6.07) is 22.6. The summed E-state index contributed by atoms with van der Waals surface area (Å²) in [6.45, 7) is 1.99. The van der Waals surface area contributed by atoms with Gasteiger partial charge in [-0.3, -0.25) is 0 Å². The number of fused-ring (bicyclic) bond motifs is 1. The molecule has 1 aliphatic carbocycles. The average molecular weight is 388 g/mol. The molecule has 0 aliphatic heterocycles. The van der Waals surface area contributed by atoms with Crippen LogP contribution in [-0.4, -0.2) is 19.7 Å². The van der Waals surface area contributed by atoms with Crippen LogP contribution in [0.25, 0.3) is 11.1 Å². The van der Waals surface area contributed by atoms with E-state index in [2.05, 4.69) is 54.1 Å². The average Bonchev–Trinajstić information content (AvgIpc) is 3.14. The molecule has 4 heteroatoms. The second-order valence-electron chi connectivity index (χ2n) is 7.27. The summed E-state index contributed by atoms with van der Waals surface area (Å²) in [7, 11) is 1.34. The quantitative estimate of drug-likeness (QED) is 0.539. The Kier molecular flexibility index (Phi) is 5.52. The minimum atomic E-state index is -0.412. The van der Waals surface area contributed by atoms with Crippen LogP contribution >= 0.6 is 0 Å². The Bertz CT molecular complexity index is 1020. The first kappa shape index (κ1) is 19.1. The van der Waals surface area contributed by atoms with Crippen LogP contribution in [0, 0.1) is 6.92 Å². The SMILES string of the molecule is COC(=O)COc1cccc(OC2CCc3ccc(-c4cccc(C)c4)cc32)c1. The first-order valence-electron chi connectivity index (χ1n) is 9.78. The molecule has 0 bridgehead atoms. The number of benzene rings is 3. The van der Waals surface area contributed by atoms with Gasteiger partial charge in [-0.2, -0.15) is 0 Å². The minimum absolute atomic E-state index is 0.00520. The van der Waals surface area contributed by atoms with Gasteiger partial charge in [-0.15, -0.1) is 0 Å². The molecule has 0 radical (unpaired) electrons. The Morgan fingerprint density at radius 1 is 0.966 bits per heavy atom. The van der Waals surface area contributed by atoms with E-state index < -0.39 is 5.97 Å². The molecule has 0 saturated heterocycles. The lowest BCUT2D eigenvalue weighted by atomic mass is 9.99. The highest BCUT2D eigenvalue weighted by molar-refractivity contribution is 5.71. The molecule has 1 atom stereocenters. The summed E-state index contributed by atoms with van der Waals surface area (Å²) >= 11 is 0. The summed E-state index contributed by atoms with van der Waals surface area (Å²) in [5.41, 5.74) is 6.25. The van der Waals surface area contributed by atoms with Gasteiger partial charge in [-0.25, -0.2) is 4.79 Å². The highest BCUT2D eigenvalue weighted by Gasteiger charge is 2.24. The minimum Gasteiger partial charge on any atom is -0.486 e. The molecule has 0 saturated carbocycles. The van der Waals surface area contributed by atoms with E-state index >= 15 is 0 Å². The number of methoxy groups -OCH3 is 1. The number of rotatable bonds is 6. The zero-order valence-electron chi connectivity index (χ0n) is 16.7. The number of carbonyl (C=O) groups is 1. The fourth-order valence-corrected chi connectivity index (χ4v) is 3.69. The van der Waals surface area contributed by atoms with E-state index in [0.717, 1.165) is 18.6 Å². The lowest BCUT2D eigenvalue weighted by molar-refractivity contribution is -0.142. The molecule has 4 rings (SSSR count). The number of hydrogen-bond donors (Lipinski definition) is 0. The molecule has 3 aromatic rings. The fourth-order valence-electron chi connectivity index (χ4n) is 3.69. The van der Waals surface area contributed by atoms with Crippen molar-refractivity contribution in [3.8, 4) is 22.6 Å². The number of aryl methyl sites for hydroxylation is 2. The maximum absolute atomic E-state index is 11.3. The van der Waals surface area contributed by atoms with Crippen LogP contribution in [0.5, 0.6) is 11.5 Å². The highest BCUT2D eigenvalue weighted by Crippen LogP contribution is 2.38. The van der Waals surface area contributed by atoms with Crippen molar-refractivity contribution in [2.75, 3.05) is 13.7 Å². The maximum Gasteiger partial charge on any atom is 0.343 e. The third kappa shape index (κ3) is 4.43. The van der Waals surface area contributed by atoms with Crippen LogP contribution in [0.2, 0.25) is 0 Å². The van der Waals surface area contributed by atoms with E-state index in [1.54, 1.807) is 6.07 Å². The predicted octanol–water partition coefficient (Wildman–Crippen LogP) is 5.28. The van der Waals surface area contributed by atoms with Gasteiger partial charge in [0, 0.05) is 6.07 Å². The monoisotopic (exact) mass is 388 g/mol. The zero-order valence-corrected chi connectivity index (χ0v) is 16.7. The molecule has 0 heterocycles. The lowest BCUT2D eigenvalue weighted by Crippen LogP contribution is -2.12. The van der Waals surface area contributed by atoms with Crippen LogP contribution in [0.1, 0.15) is 29.2 Å². The number of hydrogen-bond acceptors (Lipinski definition) is 4. The molecular formula is C25H24O4. The molecule has 148 valence electrons. The molecule has 3 aromatic carbocycles. The van der Waals surface area contributed by atoms with Crippen molar-refractivity contribution in [1.29, 1.82) is 0 Å². The third-order valence-corrected chi connectivity index (χ3v) is 5.19. The molecular weight excluding hydrogens is 364 g/mol. The Balaban J connectivity index is 1.52. The van der Waals surface area contributed by atoms with Crippen LogP contribution in [-0.2, 0) is 16.0 Å². The summed E-state index contributed by atoms with van der Waals surface area (Å²) < 4.78 is 16.4. The maximum atomic E-state index is 11.3. The summed E-state index contributed by atoms with van der Waals surface area (Å²) in [4.78, 5) is 11.3. The van der Waals surface area contributed by atoms with Crippen LogP contribution in [0.3, 0.4) is 0 Å². The molecule has 0 fully saturated rings. The first-order chi connectivity index (χ1) is 14.1. The third-order valence-electron chi connectivity index (χ3n) is 5.19. The van der Waals surface area contributed by atoms with Gasteiger partial charge in [0.25, 0.3) is 0 Å². The fraction of sp³-hybridized carbons (Fsp3) is 0.240. The van der Waals surface area contributed by atoms with E-state index in [0.29, 0.717) is 5.75 Å². The predicted molar refractivity (Wildman–Crippen MR) is 112 cm³/mol. The Morgan fingerprint density at radius 3 is 2.59 bits per heavy atom. The van der Waals surface area contributed by atoms with E-state index in [-0.39, 0.29) is 12.7 Å². The molecule has 0 spiro atoms. The van der Waals surface area contributed by atoms with Crippen molar-refractivity contribution in [1.82, 2.24) is 0 Å². The number of esters is 1. The van der Waals surface area contributed by atoms with Crippen molar-refractivity contribution in [3.05, 3.63) is 83.4 Å². The van der Waals surface area contributed by atoms with Crippen LogP contribution in [0.15, 0.2) is 66.7 Å². The van der Waals surface area contributed by atoms with E-state index in [9.17, 15) is 4.79 Å². The van der Waals surface area contributed by atoms with Gasteiger partial charge >= 0.3 is 5.97 Å². The van der Waals surface area contributed by atoms with E-state index in [4.69, 9.17) is 9.47 Å². The molecule has 0 aromatic heterocycles. The van der Waals surface area contributed by atoms with Gasteiger partial charge in [0.15, 0.2) is 6.61 Å². The van der Waals surface area contributed by atoms with Crippen molar-refractivity contribution in [2.24, 2.45) is 0 Å². The molecule has 4 nitrogen and oxygen atoms in total. The summed E-state index contributed by atoms with van der Waals surface area (Å²) in [6.07, 6.45) is 1.96. The molecule has 0 N–H and O–H groups in total. The topological polar surface area (TPSA) is 44.8 Å². The second-order valence-corrected chi connectivity index (χ2v) is 7.27. The Labute approximate surface area is 171 Å². The van der Waals surface area contributed by atoms with E-state index in [1.807, 2.05) is 18.2 Å². The number of ether oxygens (including phenoxy) is 3. The van der Waals surface area contributed by atoms with Crippen LogP contribution < -0.4 is 9.47 Å². The van der Waals surface area contributed by atoms with Gasteiger partial charge in [0.1, 0.15) is 17.6 Å². The van der Waals surface area contributed by atoms with E-state index in [1.165, 1.54) is 34.9 Å². The van der Waals surface area contributed by atoms with Gasteiger partial charge in [0.2, 0.25) is 0 Å². The standard InChI is InChI=1S/C25H24O4/c1-17-5-3-6-19(13-17)20-10-9-18-11-12-24(23(18)14-20)29-22-8-4-7-21(15-22)28-16-25(26)27-2/h3-10,13-15,24H,11-12,16H2,1-2H3. The summed E-state index contributed by atoms with van der Waals surface area (Å²) in [5.74, 6) is 0.899. The van der Waals surface area contributed by atoms with Gasteiger partial charge < -0.3 is 14.2 Å². The smallest absolute Gasteiger partial charge is 0.343 e. The Morgan fingerprint density at radius 2 is 1.76 bits per heavy atom. The lowest BCUT2D eigenvalue weighted by Gasteiger charge is -2.17. The first-order valence-corrected chi connectivity index (χ1v) is 9.78. The van der Waals surface area contributed by atoms with Crippen molar-refractivity contribution >= 4 is 5.97 Å². The molecule has 0 amide bonds.